The van der Waals surface area contributed by atoms with E-state index in [9.17, 15) is 9.90 Å². The van der Waals surface area contributed by atoms with Crippen LogP contribution < -0.4 is 5.32 Å². The van der Waals surface area contributed by atoms with Gasteiger partial charge in [0.1, 0.15) is 6.04 Å². The summed E-state index contributed by atoms with van der Waals surface area (Å²) in [6, 6.07) is -0.316. The van der Waals surface area contributed by atoms with Crippen molar-refractivity contribution >= 4 is 18.4 Å². The van der Waals surface area contributed by atoms with Crippen molar-refractivity contribution < 1.29 is 14.6 Å². The summed E-state index contributed by atoms with van der Waals surface area (Å²) in [4.78, 5) is 10.9. The van der Waals surface area contributed by atoms with Gasteiger partial charge in [-0.05, 0) is 19.4 Å². The maximum absolute atomic E-state index is 10.9. The zero-order chi connectivity index (χ0) is 8.27. The van der Waals surface area contributed by atoms with Gasteiger partial charge in [0.15, 0.2) is 0 Å². The molecule has 0 radical (unpaired) electrons. The SMILES string of the molecule is COC(=O)C1CC(O)CCN1.Cl. The van der Waals surface area contributed by atoms with Crippen molar-refractivity contribution in [2.75, 3.05) is 13.7 Å². The number of hydrogen-bond acceptors (Lipinski definition) is 4. The third-order valence-corrected chi connectivity index (χ3v) is 1.86. The second-order valence-corrected chi connectivity index (χ2v) is 2.71. The van der Waals surface area contributed by atoms with Crippen molar-refractivity contribution in [3.63, 3.8) is 0 Å². The van der Waals surface area contributed by atoms with E-state index < -0.39 is 0 Å². The van der Waals surface area contributed by atoms with Gasteiger partial charge >= 0.3 is 5.97 Å². The molecule has 0 spiro atoms. The van der Waals surface area contributed by atoms with Crippen molar-refractivity contribution in [2.45, 2.75) is 25.0 Å². The van der Waals surface area contributed by atoms with Crippen LogP contribution >= 0.6 is 12.4 Å². The Bertz CT molecular complexity index is 154. The Morgan fingerprint density at radius 1 is 1.67 bits per heavy atom. The van der Waals surface area contributed by atoms with Crippen LogP contribution in [0.3, 0.4) is 0 Å². The van der Waals surface area contributed by atoms with Crippen molar-refractivity contribution in [1.82, 2.24) is 5.32 Å². The summed E-state index contributed by atoms with van der Waals surface area (Å²) in [6.07, 6.45) is 0.820. The number of aliphatic hydroxyl groups excluding tert-OH is 1. The van der Waals surface area contributed by atoms with Crippen molar-refractivity contribution in [1.29, 1.82) is 0 Å². The van der Waals surface area contributed by atoms with Gasteiger partial charge in [0.25, 0.3) is 0 Å². The summed E-state index contributed by atoms with van der Waals surface area (Å²) in [5.41, 5.74) is 0. The van der Waals surface area contributed by atoms with Gasteiger partial charge < -0.3 is 15.2 Å². The van der Waals surface area contributed by atoms with Crippen LogP contribution in [-0.2, 0) is 9.53 Å². The zero-order valence-electron chi connectivity index (χ0n) is 6.95. The van der Waals surface area contributed by atoms with Gasteiger partial charge in [-0.1, -0.05) is 0 Å². The molecular weight excluding hydrogens is 182 g/mol. The molecule has 5 heteroatoms. The van der Waals surface area contributed by atoms with Gasteiger partial charge in [-0.15, -0.1) is 12.4 Å². The van der Waals surface area contributed by atoms with Crippen LogP contribution in [-0.4, -0.2) is 36.9 Å². The summed E-state index contributed by atoms with van der Waals surface area (Å²) in [5, 5.41) is 12.1. The molecule has 1 aliphatic rings. The van der Waals surface area contributed by atoms with Crippen molar-refractivity contribution in [2.24, 2.45) is 0 Å². The van der Waals surface area contributed by atoms with Crippen LogP contribution in [0.5, 0.6) is 0 Å². The number of aliphatic hydroxyl groups is 1. The van der Waals surface area contributed by atoms with E-state index in [0.717, 1.165) is 0 Å². The molecule has 0 aromatic carbocycles. The molecule has 1 rings (SSSR count). The van der Waals surface area contributed by atoms with Gasteiger partial charge in [0.05, 0.1) is 13.2 Å². The minimum absolute atomic E-state index is 0. The van der Waals surface area contributed by atoms with Gasteiger partial charge in [0, 0.05) is 0 Å². The summed E-state index contributed by atoms with van der Waals surface area (Å²) >= 11 is 0. The van der Waals surface area contributed by atoms with Crippen LogP contribution in [0.2, 0.25) is 0 Å². The molecule has 0 amide bonds. The van der Waals surface area contributed by atoms with E-state index in [2.05, 4.69) is 10.1 Å². The predicted octanol–water partition coefficient (Wildman–Crippen LogP) is -0.306. The third kappa shape index (κ3) is 2.97. The van der Waals surface area contributed by atoms with Gasteiger partial charge in [0.2, 0.25) is 0 Å². The molecule has 0 saturated carbocycles. The summed E-state index contributed by atoms with van der Waals surface area (Å²) < 4.78 is 4.53. The molecule has 0 aromatic rings. The van der Waals surface area contributed by atoms with Gasteiger partial charge in [-0.3, -0.25) is 4.79 Å². The summed E-state index contributed by atoms with van der Waals surface area (Å²) in [7, 11) is 1.35. The molecule has 4 nitrogen and oxygen atoms in total. The molecule has 12 heavy (non-hydrogen) atoms. The zero-order valence-corrected chi connectivity index (χ0v) is 7.76. The Morgan fingerprint density at radius 2 is 2.33 bits per heavy atom. The van der Waals surface area contributed by atoms with E-state index in [0.29, 0.717) is 19.4 Å². The first-order valence-corrected chi connectivity index (χ1v) is 3.73. The summed E-state index contributed by atoms with van der Waals surface area (Å²) in [6.45, 7) is 0.681. The lowest BCUT2D eigenvalue weighted by molar-refractivity contribution is -0.144. The maximum atomic E-state index is 10.9. The third-order valence-electron chi connectivity index (χ3n) is 1.86. The Morgan fingerprint density at radius 3 is 2.83 bits per heavy atom. The molecule has 2 N–H and O–H groups in total. The van der Waals surface area contributed by atoms with Gasteiger partial charge in [-0.2, -0.15) is 0 Å². The first-order valence-electron chi connectivity index (χ1n) is 3.73. The van der Waals surface area contributed by atoms with E-state index in [1.54, 1.807) is 0 Å². The fourth-order valence-electron chi connectivity index (χ4n) is 1.22. The molecule has 72 valence electrons. The number of carbonyl (C=O) groups is 1. The maximum Gasteiger partial charge on any atom is 0.322 e. The van der Waals surface area contributed by atoms with E-state index in [-0.39, 0.29) is 30.5 Å². The lowest BCUT2D eigenvalue weighted by atomic mass is 10.0. The summed E-state index contributed by atoms with van der Waals surface area (Å²) in [5.74, 6) is -0.288. The fraction of sp³-hybridized carbons (Fsp3) is 0.857. The average molecular weight is 196 g/mol. The van der Waals surface area contributed by atoms with Crippen LogP contribution in [0.1, 0.15) is 12.8 Å². The Hall–Kier alpha value is -0.320. The van der Waals surface area contributed by atoms with Crippen LogP contribution in [0.15, 0.2) is 0 Å². The lowest BCUT2D eigenvalue weighted by Gasteiger charge is -2.24. The highest BCUT2D eigenvalue weighted by Crippen LogP contribution is 2.08. The van der Waals surface area contributed by atoms with Crippen LogP contribution in [0.25, 0.3) is 0 Å². The average Bonchev–Trinajstić information content (AvgIpc) is 2.03. The van der Waals surface area contributed by atoms with Crippen molar-refractivity contribution in [3.8, 4) is 0 Å². The highest BCUT2D eigenvalue weighted by atomic mass is 35.5. The van der Waals surface area contributed by atoms with Crippen LogP contribution in [0, 0.1) is 0 Å². The van der Waals surface area contributed by atoms with E-state index in [1.165, 1.54) is 7.11 Å². The number of rotatable bonds is 1. The Kier molecular flexibility index (Phi) is 5.20. The molecule has 2 atom stereocenters. The molecule has 1 heterocycles. The molecule has 1 saturated heterocycles. The minimum Gasteiger partial charge on any atom is -0.468 e. The Labute approximate surface area is 77.7 Å². The van der Waals surface area contributed by atoms with E-state index >= 15 is 0 Å². The first-order chi connectivity index (χ1) is 5.24. The second kappa shape index (κ2) is 5.35. The highest BCUT2D eigenvalue weighted by molar-refractivity contribution is 5.85. The smallest absolute Gasteiger partial charge is 0.322 e. The molecule has 2 unspecified atom stereocenters. The molecule has 1 aliphatic heterocycles. The lowest BCUT2D eigenvalue weighted by Crippen LogP contribution is -2.45. The monoisotopic (exact) mass is 195 g/mol. The number of methoxy groups -OCH3 is 1. The molecule has 1 fully saturated rings. The van der Waals surface area contributed by atoms with E-state index in [1.807, 2.05) is 0 Å². The standard InChI is InChI=1S/C7H13NO3.ClH/c1-11-7(10)6-4-5(9)2-3-8-6;/h5-6,8-9H,2-4H2,1H3;1H. The number of esters is 1. The van der Waals surface area contributed by atoms with E-state index in [4.69, 9.17) is 0 Å². The molecule has 0 bridgehead atoms. The number of piperidine rings is 1. The number of ether oxygens (including phenoxy) is 1. The fourth-order valence-corrected chi connectivity index (χ4v) is 1.22. The second-order valence-electron chi connectivity index (χ2n) is 2.71. The van der Waals surface area contributed by atoms with Crippen LogP contribution in [0.4, 0.5) is 0 Å². The Balaban J connectivity index is 0.00000121. The topological polar surface area (TPSA) is 58.6 Å². The molecule has 0 aromatic heterocycles. The van der Waals surface area contributed by atoms with Gasteiger partial charge in [-0.25, -0.2) is 0 Å². The largest absolute Gasteiger partial charge is 0.468 e. The first kappa shape index (κ1) is 11.7. The quantitative estimate of drug-likeness (QED) is 0.564. The number of nitrogens with one attached hydrogen (secondary N) is 1. The molecule has 0 aliphatic carbocycles. The number of carbonyl (C=O) groups excluding carboxylic acids is 1. The number of hydrogen-bond donors (Lipinski definition) is 2. The predicted molar refractivity (Wildman–Crippen MR) is 46.3 cm³/mol. The van der Waals surface area contributed by atoms with Crippen molar-refractivity contribution in [3.05, 3.63) is 0 Å². The highest BCUT2D eigenvalue weighted by Gasteiger charge is 2.25. The molecular formula is C7H14ClNO3. The normalized spacial score (nSPS) is 28.8. The minimum atomic E-state index is -0.361. The number of halogens is 1.